The van der Waals surface area contributed by atoms with Crippen molar-refractivity contribution in [2.45, 2.75) is 68.2 Å². The fourth-order valence-electron chi connectivity index (χ4n) is 2.73. The van der Waals surface area contributed by atoms with Crippen LogP contribution < -0.4 is 0 Å². The smallest absolute Gasteiger partial charge is 0.0149 e. The molecule has 0 heterocycles. The molecule has 3 rings (SSSR count). The van der Waals surface area contributed by atoms with Crippen molar-refractivity contribution in [3.05, 3.63) is 84.4 Å². The van der Waals surface area contributed by atoms with Crippen LogP contribution in [0.3, 0.4) is 0 Å². The summed E-state index contributed by atoms with van der Waals surface area (Å²) in [7, 11) is 0. The van der Waals surface area contributed by atoms with Crippen LogP contribution in [-0.2, 0) is 0 Å². The van der Waals surface area contributed by atoms with E-state index in [1.807, 2.05) is 13.8 Å². The Hall–Kier alpha value is -2.34. The van der Waals surface area contributed by atoms with Crippen molar-refractivity contribution in [2.75, 3.05) is 0 Å². The first kappa shape index (κ1) is 26.7. The van der Waals surface area contributed by atoms with Crippen LogP contribution in [0.15, 0.2) is 78.9 Å². The molecular formula is C29H42. The van der Waals surface area contributed by atoms with Crippen LogP contribution in [-0.4, -0.2) is 0 Å². The van der Waals surface area contributed by atoms with E-state index in [4.69, 9.17) is 0 Å². The molecule has 0 atom stereocenters. The number of rotatable bonds is 4. The monoisotopic (exact) mass is 390 g/mol. The van der Waals surface area contributed by atoms with Crippen LogP contribution >= 0.6 is 0 Å². The molecule has 3 aromatic carbocycles. The molecule has 0 amide bonds. The van der Waals surface area contributed by atoms with Gasteiger partial charge in [-0.15, -0.1) is 0 Å². The highest BCUT2D eigenvalue weighted by Crippen LogP contribution is 2.33. The minimum atomic E-state index is 0. The molecule has 0 N–H and O–H groups in total. The molecule has 0 saturated heterocycles. The van der Waals surface area contributed by atoms with E-state index < -0.39 is 0 Å². The highest BCUT2D eigenvalue weighted by molar-refractivity contribution is 5.74. The highest BCUT2D eigenvalue weighted by Gasteiger charge is 2.10. The summed E-state index contributed by atoms with van der Waals surface area (Å²) in [6.45, 7) is 15.2. The van der Waals surface area contributed by atoms with E-state index >= 15 is 0 Å². The minimum absolute atomic E-state index is 0. The van der Waals surface area contributed by atoms with Gasteiger partial charge in [0, 0.05) is 0 Å². The maximum absolute atomic E-state index is 2.34. The van der Waals surface area contributed by atoms with E-state index in [1.165, 1.54) is 34.2 Å². The third-order valence-electron chi connectivity index (χ3n) is 4.68. The number of benzene rings is 3. The molecular weight excluding hydrogens is 348 g/mol. The Labute approximate surface area is 181 Å². The van der Waals surface area contributed by atoms with Gasteiger partial charge < -0.3 is 0 Å². The Kier molecular flexibility index (Phi) is 13.4. The molecule has 0 aromatic heterocycles. The number of hydrogen-bond donors (Lipinski definition) is 0. The van der Waals surface area contributed by atoms with Gasteiger partial charge in [-0.2, -0.15) is 0 Å². The zero-order chi connectivity index (χ0) is 20.9. The summed E-state index contributed by atoms with van der Waals surface area (Å²) in [6, 6.07) is 28.0. The second-order valence-corrected chi connectivity index (χ2v) is 7.49. The van der Waals surface area contributed by atoms with E-state index in [1.54, 1.807) is 0 Å². The van der Waals surface area contributed by atoms with Crippen molar-refractivity contribution in [1.29, 1.82) is 0 Å². The zero-order valence-electron chi connectivity index (χ0n) is 18.9. The van der Waals surface area contributed by atoms with Crippen LogP contribution in [0.2, 0.25) is 0 Å². The quantitative estimate of drug-likeness (QED) is 0.415. The van der Waals surface area contributed by atoms with E-state index in [2.05, 4.69) is 113 Å². The average molecular weight is 391 g/mol. The normalized spacial score (nSPS) is 9.69. The van der Waals surface area contributed by atoms with Gasteiger partial charge in [-0.1, -0.05) is 141 Å². The molecule has 0 nitrogen and oxygen atoms in total. The molecule has 0 spiro atoms. The average Bonchev–Trinajstić information content (AvgIpc) is 2.76. The Morgan fingerprint density at radius 1 is 0.621 bits per heavy atom. The van der Waals surface area contributed by atoms with Crippen molar-refractivity contribution in [2.24, 2.45) is 5.92 Å². The molecule has 29 heavy (non-hydrogen) atoms. The Balaban J connectivity index is 0.000000862. The third kappa shape index (κ3) is 8.69. The summed E-state index contributed by atoms with van der Waals surface area (Å²) < 4.78 is 0. The van der Waals surface area contributed by atoms with Crippen molar-refractivity contribution < 1.29 is 0 Å². The second-order valence-electron chi connectivity index (χ2n) is 7.49. The molecule has 158 valence electrons. The fraction of sp³-hybridized carbons (Fsp3) is 0.379. The van der Waals surface area contributed by atoms with Gasteiger partial charge in [-0.05, 0) is 39.7 Å². The van der Waals surface area contributed by atoms with Gasteiger partial charge in [0.15, 0.2) is 0 Å². The van der Waals surface area contributed by atoms with Crippen LogP contribution in [0.5, 0.6) is 0 Å². The van der Waals surface area contributed by atoms with Crippen molar-refractivity contribution in [3.8, 4) is 22.3 Å². The predicted octanol–water partition coefficient (Wildman–Crippen LogP) is 9.86. The summed E-state index contributed by atoms with van der Waals surface area (Å²) in [5.41, 5.74) is 6.60. The summed E-state index contributed by atoms with van der Waals surface area (Å²) in [6.07, 6.45) is 1.31. The molecule has 0 radical (unpaired) electrons. The van der Waals surface area contributed by atoms with Crippen LogP contribution in [0.4, 0.5) is 0 Å². The summed E-state index contributed by atoms with van der Waals surface area (Å²) in [5, 5.41) is 0. The highest BCUT2D eigenvalue weighted by atomic mass is 14.1. The molecule has 3 aromatic rings. The van der Waals surface area contributed by atoms with Crippen molar-refractivity contribution in [1.82, 2.24) is 0 Å². The third-order valence-corrected chi connectivity index (χ3v) is 4.68. The molecule has 0 unspecified atom stereocenters. The SMILES string of the molecule is C.CC.CC(C)c1cc(-c2ccccc2)ccc1-c1ccccc1.CCC(C)C. The molecule has 0 saturated carbocycles. The number of hydrogen-bond acceptors (Lipinski definition) is 0. The Morgan fingerprint density at radius 3 is 1.48 bits per heavy atom. The lowest BCUT2D eigenvalue weighted by Gasteiger charge is -2.15. The first-order chi connectivity index (χ1) is 13.5. The van der Waals surface area contributed by atoms with Gasteiger partial charge >= 0.3 is 0 Å². The van der Waals surface area contributed by atoms with Gasteiger partial charge in [-0.3, -0.25) is 0 Å². The molecule has 0 bridgehead atoms. The lowest BCUT2D eigenvalue weighted by molar-refractivity contribution is 0.626. The van der Waals surface area contributed by atoms with Crippen LogP contribution in [0, 0.1) is 5.92 Å². The van der Waals surface area contributed by atoms with Gasteiger partial charge in [0.25, 0.3) is 0 Å². The standard InChI is InChI=1S/C21H20.C5H12.C2H6.CH4/c1-16(2)21-15-19(17-9-5-3-6-10-17)13-14-20(21)18-11-7-4-8-12-18;1-4-5(2)3;1-2;/h3-16H,1-2H3;5H,4H2,1-3H3;1-2H3;1H4. The predicted molar refractivity (Wildman–Crippen MR) is 135 cm³/mol. The first-order valence-corrected chi connectivity index (χ1v) is 10.8. The molecule has 0 aliphatic heterocycles. The Bertz CT molecular complexity index is 768. The maximum atomic E-state index is 2.34. The Morgan fingerprint density at radius 2 is 1.07 bits per heavy atom. The lowest BCUT2D eigenvalue weighted by Crippen LogP contribution is -1.93. The lowest BCUT2D eigenvalue weighted by atomic mass is 9.89. The topological polar surface area (TPSA) is 0 Å². The second kappa shape index (κ2) is 14.6. The zero-order valence-corrected chi connectivity index (χ0v) is 18.9. The van der Waals surface area contributed by atoms with Crippen molar-refractivity contribution in [3.63, 3.8) is 0 Å². The molecule has 0 fully saturated rings. The maximum Gasteiger partial charge on any atom is -0.0149 e. The van der Waals surface area contributed by atoms with Crippen LogP contribution in [0.1, 0.15) is 73.8 Å². The van der Waals surface area contributed by atoms with Gasteiger partial charge in [0.1, 0.15) is 0 Å². The van der Waals surface area contributed by atoms with E-state index in [9.17, 15) is 0 Å². The summed E-state index contributed by atoms with van der Waals surface area (Å²) >= 11 is 0. The van der Waals surface area contributed by atoms with E-state index in [0.29, 0.717) is 5.92 Å². The summed E-state index contributed by atoms with van der Waals surface area (Å²) in [5.74, 6) is 1.39. The van der Waals surface area contributed by atoms with Crippen molar-refractivity contribution >= 4 is 0 Å². The van der Waals surface area contributed by atoms with Gasteiger partial charge in [0.05, 0.1) is 0 Å². The molecule has 0 aliphatic carbocycles. The first-order valence-electron chi connectivity index (χ1n) is 10.8. The van der Waals surface area contributed by atoms with E-state index in [-0.39, 0.29) is 7.43 Å². The molecule has 0 aliphatic rings. The fourth-order valence-corrected chi connectivity index (χ4v) is 2.73. The summed E-state index contributed by atoms with van der Waals surface area (Å²) in [4.78, 5) is 0. The van der Waals surface area contributed by atoms with Gasteiger partial charge in [-0.25, -0.2) is 0 Å². The largest absolute Gasteiger partial charge is 0.0776 e. The van der Waals surface area contributed by atoms with E-state index in [0.717, 1.165) is 5.92 Å². The van der Waals surface area contributed by atoms with Crippen LogP contribution in [0.25, 0.3) is 22.3 Å². The minimum Gasteiger partial charge on any atom is -0.0776 e. The van der Waals surface area contributed by atoms with Gasteiger partial charge in [0.2, 0.25) is 0 Å². The molecule has 0 heteroatoms.